The van der Waals surface area contributed by atoms with Gasteiger partial charge in [-0.05, 0) is 37.5 Å². The monoisotopic (exact) mass is 600 g/mol. The van der Waals surface area contributed by atoms with E-state index in [2.05, 4.69) is 30.2 Å². The zero-order chi connectivity index (χ0) is 30.9. The van der Waals surface area contributed by atoms with Crippen molar-refractivity contribution < 1.29 is 18.7 Å². The van der Waals surface area contributed by atoms with Crippen LogP contribution in [-0.2, 0) is 4.79 Å². The van der Waals surface area contributed by atoms with Gasteiger partial charge in [-0.15, -0.1) is 10.2 Å². The van der Waals surface area contributed by atoms with Crippen LogP contribution in [0.4, 0.5) is 0 Å². The Morgan fingerprint density at radius 3 is 2.38 bits per heavy atom. The van der Waals surface area contributed by atoms with Gasteiger partial charge in [0.25, 0.3) is 11.7 Å². The number of rotatable bonds is 7. The molecule has 0 bridgehead atoms. The Labute approximate surface area is 257 Å². The van der Waals surface area contributed by atoms with Gasteiger partial charge in [-0.2, -0.15) is 5.10 Å². The molecule has 0 unspecified atom stereocenters. The smallest absolute Gasteiger partial charge is 0.295 e. The highest BCUT2D eigenvalue weighted by atomic mass is 16.5. The predicted octanol–water partition coefficient (Wildman–Crippen LogP) is 4.82. The Kier molecular flexibility index (Phi) is 7.22. The van der Waals surface area contributed by atoms with Gasteiger partial charge in [-0.3, -0.25) is 9.59 Å². The van der Waals surface area contributed by atoms with Gasteiger partial charge in [0, 0.05) is 30.4 Å². The van der Waals surface area contributed by atoms with Gasteiger partial charge in [-0.25, -0.2) is 14.6 Å². The molecule has 4 aromatic heterocycles. The topological polar surface area (TPSA) is 145 Å². The number of aromatic amines is 1. The van der Waals surface area contributed by atoms with Crippen LogP contribution in [-0.4, -0.2) is 71.7 Å². The average Bonchev–Trinajstić information content (AvgIpc) is 3.86. The fourth-order valence-corrected chi connectivity index (χ4v) is 5.65. The first kappa shape index (κ1) is 27.9. The van der Waals surface area contributed by atoms with Gasteiger partial charge in [-0.1, -0.05) is 54.1 Å². The fraction of sp³-hybridized carbons (Fsp3) is 0.182. The zero-order valence-electron chi connectivity index (χ0n) is 24.6. The minimum atomic E-state index is -0.633. The number of aryl methyl sites for hydroxylation is 1. The van der Waals surface area contributed by atoms with Crippen molar-refractivity contribution in [1.82, 2.24) is 39.8 Å². The van der Waals surface area contributed by atoms with E-state index in [4.69, 9.17) is 9.15 Å². The van der Waals surface area contributed by atoms with Crippen LogP contribution in [0.3, 0.4) is 0 Å². The van der Waals surface area contributed by atoms with Crippen molar-refractivity contribution in [2.24, 2.45) is 0 Å². The Bertz CT molecular complexity index is 2050. The van der Waals surface area contributed by atoms with Crippen molar-refractivity contribution in [3.8, 4) is 23.0 Å². The van der Waals surface area contributed by atoms with Crippen molar-refractivity contribution in [1.29, 1.82) is 0 Å². The zero-order valence-corrected chi connectivity index (χ0v) is 24.6. The van der Waals surface area contributed by atoms with Crippen molar-refractivity contribution in [2.75, 3.05) is 20.2 Å². The molecule has 1 fully saturated rings. The second-order valence-electron chi connectivity index (χ2n) is 10.6. The van der Waals surface area contributed by atoms with E-state index in [0.29, 0.717) is 66.0 Å². The summed E-state index contributed by atoms with van der Waals surface area (Å²) in [6, 6.07) is 19.5. The summed E-state index contributed by atoms with van der Waals surface area (Å²) in [6.45, 7) is 2.49. The molecule has 6 aromatic rings. The summed E-state index contributed by atoms with van der Waals surface area (Å²) in [4.78, 5) is 40.6. The number of H-pyrrole nitrogens is 1. The van der Waals surface area contributed by atoms with Crippen LogP contribution in [0.5, 0.6) is 5.75 Å². The third-order valence-corrected chi connectivity index (χ3v) is 7.87. The minimum Gasteiger partial charge on any atom is -0.494 e. The van der Waals surface area contributed by atoms with Crippen molar-refractivity contribution >= 4 is 28.2 Å². The maximum atomic E-state index is 13.7. The van der Waals surface area contributed by atoms with Crippen LogP contribution in [0.1, 0.15) is 40.5 Å². The molecule has 1 N–H and O–H groups in total. The largest absolute Gasteiger partial charge is 0.494 e. The second kappa shape index (κ2) is 11.6. The normalized spacial score (nSPS) is 13.3. The van der Waals surface area contributed by atoms with Gasteiger partial charge >= 0.3 is 0 Å². The number of fused-ring (bicyclic) bond motifs is 1. The Morgan fingerprint density at radius 2 is 1.69 bits per heavy atom. The lowest BCUT2D eigenvalue weighted by Crippen LogP contribution is -2.40. The van der Waals surface area contributed by atoms with E-state index in [0.717, 1.165) is 22.3 Å². The summed E-state index contributed by atoms with van der Waals surface area (Å²) in [5.41, 5.74) is 4.44. The molecule has 1 saturated heterocycles. The number of aromatic nitrogens is 7. The summed E-state index contributed by atoms with van der Waals surface area (Å²) in [7, 11) is 1.49. The number of ether oxygens (including phenoxy) is 1. The number of hydrogen-bond donors (Lipinski definition) is 1. The van der Waals surface area contributed by atoms with Crippen LogP contribution >= 0.6 is 0 Å². The maximum Gasteiger partial charge on any atom is 0.295 e. The lowest BCUT2D eigenvalue weighted by molar-refractivity contribution is -0.126. The fourth-order valence-electron chi connectivity index (χ4n) is 5.65. The lowest BCUT2D eigenvalue weighted by atomic mass is 9.92. The van der Waals surface area contributed by atoms with E-state index in [9.17, 15) is 9.59 Å². The number of methoxy groups -OCH3 is 1. The SMILES string of the molecule is COc1cnc(-n2cnc(C)n2)c2[nH]cc(C(=O)C(=O)N3CCC(=C(c4ccccc4)c4nnc(-c5ccccc5)o4)CC3)c12. The van der Waals surface area contributed by atoms with Gasteiger partial charge < -0.3 is 19.0 Å². The molecule has 1 amide bonds. The van der Waals surface area contributed by atoms with Crippen molar-refractivity contribution in [3.63, 3.8) is 0 Å². The number of hydrogen-bond acceptors (Lipinski definition) is 9. The minimum absolute atomic E-state index is 0.206. The summed E-state index contributed by atoms with van der Waals surface area (Å²) < 4.78 is 13.2. The number of carbonyl (C=O) groups excluding carboxylic acids is 2. The number of Topliss-reactive ketones (excluding diaryl/α,β-unsaturated/α-hetero) is 1. The number of carbonyl (C=O) groups is 2. The number of nitrogens with one attached hydrogen (secondary N) is 1. The van der Waals surface area contributed by atoms with Crippen LogP contribution in [0.25, 0.3) is 33.7 Å². The molecule has 0 atom stereocenters. The van der Waals surface area contributed by atoms with E-state index in [1.54, 1.807) is 11.8 Å². The third kappa shape index (κ3) is 5.16. The number of ketones is 1. The van der Waals surface area contributed by atoms with Gasteiger partial charge in [0.2, 0.25) is 11.8 Å². The van der Waals surface area contributed by atoms with E-state index in [-0.39, 0.29) is 5.56 Å². The Morgan fingerprint density at radius 1 is 0.956 bits per heavy atom. The summed E-state index contributed by atoms with van der Waals surface area (Å²) in [5, 5.41) is 13.5. The molecule has 0 radical (unpaired) electrons. The molecule has 1 aliphatic heterocycles. The number of likely N-dealkylation sites (tertiary alicyclic amines) is 1. The molecule has 5 heterocycles. The van der Waals surface area contributed by atoms with Crippen LogP contribution in [0, 0.1) is 6.92 Å². The summed E-state index contributed by atoms with van der Waals surface area (Å²) in [6.07, 6.45) is 5.65. The van der Waals surface area contributed by atoms with Gasteiger partial charge in [0.15, 0.2) is 5.82 Å². The molecule has 0 aliphatic carbocycles. The molecule has 2 aromatic carbocycles. The number of piperidine rings is 1. The molecule has 7 rings (SSSR count). The maximum absolute atomic E-state index is 13.7. The molecule has 0 spiro atoms. The first-order chi connectivity index (χ1) is 22.0. The molecule has 12 heteroatoms. The highest BCUT2D eigenvalue weighted by Crippen LogP contribution is 2.35. The van der Waals surface area contributed by atoms with E-state index >= 15 is 0 Å². The standard InChI is InChI=1S/C33H28N8O4/c1-20-36-19-41(39-20)30-28-27(25(44-2)18-35-30)24(17-34-28)29(42)33(43)40-15-13-22(14-16-40)26(21-9-5-3-6-10-21)32-38-37-31(45-32)23-11-7-4-8-12-23/h3-12,17-19,34H,13-16H2,1-2H3. The van der Waals surface area contributed by atoms with Crippen LogP contribution < -0.4 is 4.74 Å². The molecule has 224 valence electrons. The lowest BCUT2D eigenvalue weighted by Gasteiger charge is -2.29. The van der Waals surface area contributed by atoms with E-state index in [1.165, 1.54) is 30.5 Å². The quantitative estimate of drug-likeness (QED) is 0.201. The van der Waals surface area contributed by atoms with E-state index < -0.39 is 11.7 Å². The molecular formula is C33H28N8O4. The van der Waals surface area contributed by atoms with Crippen LogP contribution in [0.15, 0.2) is 89.4 Å². The third-order valence-electron chi connectivity index (χ3n) is 7.87. The molecule has 1 aliphatic rings. The number of nitrogens with zero attached hydrogens (tertiary/aromatic N) is 7. The average molecular weight is 601 g/mol. The second-order valence-corrected chi connectivity index (χ2v) is 10.6. The van der Waals surface area contributed by atoms with Crippen molar-refractivity contribution in [3.05, 3.63) is 108 Å². The summed E-state index contributed by atoms with van der Waals surface area (Å²) in [5.74, 6) is 1.02. The highest BCUT2D eigenvalue weighted by Gasteiger charge is 2.31. The Hall–Kier alpha value is -5.91. The predicted molar refractivity (Wildman–Crippen MR) is 165 cm³/mol. The summed E-state index contributed by atoms with van der Waals surface area (Å²) >= 11 is 0. The van der Waals surface area contributed by atoms with E-state index in [1.807, 2.05) is 60.7 Å². The number of pyridine rings is 1. The Balaban J connectivity index is 1.16. The number of benzene rings is 2. The first-order valence-electron chi connectivity index (χ1n) is 14.4. The van der Waals surface area contributed by atoms with Crippen LogP contribution in [0.2, 0.25) is 0 Å². The van der Waals surface area contributed by atoms with Gasteiger partial charge in [0.1, 0.15) is 17.9 Å². The molecular weight excluding hydrogens is 572 g/mol. The number of amides is 1. The molecule has 12 nitrogen and oxygen atoms in total. The first-order valence-corrected chi connectivity index (χ1v) is 14.4. The molecule has 45 heavy (non-hydrogen) atoms. The molecule has 0 saturated carbocycles. The highest BCUT2D eigenvalue weighted by molar-refractivity contribution is 6.45. The van der Waals surface area contributed by atoms with Crippen molar-refractivity contribution in [2.45, 2.75) is 19.8 Å². The van der Waals surface area contributed by atoms with Gasteiger partial charge in [0.05, 0.1) is 29.8 Å².